The summed E-state index contributed by atoms with van der Waals surface area (Å²) < 4.78 is 0. The van der Waals surface area contributed by atoms with E-state index in [9.17, 15) is 0 Å². The van der Waals surface area contributed by atoms with Crippen molar-refractivity contribution in [2.24, 2.45) is 0 Å². The van der Waals surface area contributed by atoms with Crippen molar-refractivity contribution in [3.05, 3.63) is 24.0 Å². The molecule has 0 aliphatic carbocycles. The molecule has 2 atom stereocenters. The van der Waals surface area contributed by atoms with Gasteiger partial charge in [-0.15, -0.1) is 0 Å². The molecule has 2 aliphatic heterocycles. The number of aryl methyl sites for hydroxylation is 1. The number of nitrogens with zero attached hydrogens (tertiary/aromatic N) is 2. The number of piperidine rings is 1. The van der Waals surface area contributed by atoms with Crippen LogP contribution in [0, 0.1) is 6.92 Å². The van der Waals surface area contributed by atoms with E-state index in [1.807, 2.05) is 12.4 Å². The SMILES string of the molecule is Cc1cnccc1N1CCCCC1C1CCCN1. The Labute approximate surface area is 110 Å². The standard InChI is InChI=1S/C15H23N3/c1-12-11-16-9-7-14(12)18-10-3-2-6-15(18)13-5-4-8-17-13/h7,9,11,13,15,17H,2-6,8,10H2,1H3. The molecule has 0 bridgehead atoms. The maximum Gasteiger partial charge on any atom is 0.0443 e. The number of nitrogens with one attached hydrogen (secondary N) is 1. The van der Waals surface area contributed by atoms with E-state index in [4.69, 9.17) is 0 Å². The van der Waals surface area contributed by atoms with Crippen LogP contribution in [-0.4, -0.2) is 30.2 Å². The Morgan fingerprint density at radius 3 is 3.00 bits per heavy atom. The second kappa shape index (κ2) is 5.27. The Kier molecular flexibility index (Phi) is 3.50. The smallest absolute Gasteiger partial charge is 0.0443 e. The summed E-state index contributed by atoms with van der Waals surface area (Å²) in [5, 5.41) is 3.69. The van der Waals surface area contributed by atoms with Crippen molar-refractivity contribution in [3.63, 3.8) is 0 Å². The highest BCUT2D eigenvalue weighted by Crippen LogP contribution is 2.30. The number of hydrogen-bond donors (Lipinski definition) is 1. The van der Waals surface area contributed by atoms with Crippen molar-refractivity contribution in [2.75, 3.05) is 18.0 Å². The highest BCUT2D eigenvalue weighted by molar-refractivity contribution is 5.53. The zero-order valence-electron chi connectivity index (χ0n) is 11.2. The van der Waals surface area contributed by atoms with Crippen LogP contribution in [0.25, 0.3) is 0 Å². The second-order valence-electron chi connectivity index (χ2n) is 5.62. The average molecular weight is 245 g/mol. The molecule has 2 saturated heterocycles. The van der Waals surface area contributed by atoms with E-state index in [1.54, 1.807) is 0 Å². The molecule has 0 spiro atoms. The Hall–Kier alpha value is -1.09. The van der Waals surface area contributed by atoms with E-state index in [0.717, 1.165) is 0 Å². The molecule has 98 valence electrons. The lowest BCUT2D eigenvalue weighted by Gasteiger charge is -2.41. The number of anilines is 1. The van der Waals surface area contributed by atoms with Gasteiger partial charge >= 0.3 is 0 Å². The van der Waals surface area contributed by atoms with E-state index in [1.165, 1.54) is 56.4 Å². The third kappa shape index (κ3) is 2.24. The summed E-state index contributed by atoms with van der Waals surface area (Å²) in [6, 6.07) is 3.56. The summed E-state index contributed by atoms with van der Waals surface area (Å²) in [6.45, 7) is 4.58. The molecular weight excluding hydrogens is 222 g/mol. The van der Waals surface area contributed by atoms with Gasteiger partial charge in [-0.1, -0.05) is 0 Å². The van der Waals surface area contributed by atoms with E-state index in [2.05, 4.69) is 28.2 Å². The number of pyridine rings is 1. The van der Waals surface area contributed by atoms with Gasteiger partial charge < -0.3 is 10.2 Å². The topological polar surface area (TPSA) is 28.2 Å². The largest absolute Gasteiger partial charge is 0.367 e. The number of aromatic nitrogens is 1. The Bertz CT molecular complexity index is 398. The Balaban J connectivity index is 1.85. The van der Waals surface area contributed by atoms with Crippen molar-refractivity contribution in [3.8, 4) is 0 Å². The zero-order chi connectivity index (χ0) is 12.4. The van der Waals surface area contributed by atoms with Crippen molar-refractivity contribution in [2.45, 2.75) is 51.1 Å². The molecule has 3 nitrogen and oxygen atoms in total. The van der Waals surface area contributed by atoms with E-state index in [-0.39, 0.29) is 0 Å². The molecule has 2 unspecified atom stereocenters. The van der Waals surface area contributed by atoms with Crippen LogP contribution >= 0.6 is 0 Å². The molecule has 2 aliphatic rings. The van der Waals surface area contributed by atoms with Gasteiger partial charge in [-0.05, 0) is 57.2 Å². The van der Waals surface area contributed by atoms with Crippen molar-refractivity contribution in [1.82, 2.24) is 10.3 Å². The lowest BCUT2D eigenvalue weighted by molar-refractivity contribution is 0.378. The molecule has 0 amide bonds. The summed E-state index contributed by atoms with van der Waals surface area (Å²) in [5.74, 6) is 0. The first-order valence-corrected chi connectivity index (χ1v) is 7.27. The van der Waals surface area contributed by atoms with Crippen molar-refractivity contribution >= 4 is 5.69 Å². The maximum absolute atomic E-state index is 4.22. The monoisotopic (exact) mass is 245 g/mol. The molecule has 3 heteroatoms. The fraction of sp³-hybridized carbons (Fsp3) is 0.667. The molecule has 3 heterocycles. The van der Waals surface area contributed by atoms with Crippen LogP contribution in [0.2, 0.25) is 0 Å². The van der Waals surface area contributed by atoms with Crippen LogP contribution in [0.1, 0.15) is 37.7 Å². The lowest BCUT2D eigenvalue weighted by atomic mass is 9.93. The van der Waals surface area contributed by atoms with Crippen LogP contribution in [0.4, 0.5) is 5.69 Å². The summed E-state index contributed by atoms with van der Waals surface area (Å²) in [5.41, 5.74) is 2.70. The van der Waals surface area contributed by atoms with Gasteiger partial charge in [-0.25, -0.2) is 0 Å². The fourth-order valence-electron chi connectivity index (χ4n) is 3.50. The lowest BCUT2D eigenvalue weighted by Crippen LogP contribution is -2.50. The van der Waals surface area contributed by atoms with Gasteiger partial charge in [0.05, 0.1) is 0 Å². The molecule has 0 radical (unpaired) electrons. The van der Waals surface area contributed by atoms with Crippen molar-refractivity contribution in [1.29, 1.82) is 0 Å². The van der Waals surface area contributed by atoms with Gasteiger partial charge in [-0.3, -0.25) is 4.98 Å². The molecule has 1 aromatic rings. The molecule has 3 rings (SSSR count). The van der Waals surface area contributed by atoms with Gasteiger partial charge in [0.15, 0.2) is 0 Å². The fourth-order valence-corrected chi connectivity index (χ4v) is 3.50. The second-order valence-corrected chi connectivity index (χ2v) is 5.62. The van der Waals surface area contributed by atoms with Crippen LogP contribution in [0.5, 0.6) is 0 Å². The predicted octanol–water partition coefficient (Wildman–Crippen LogP) is 2.50. The van der Waals surface area contributed by atoms with Gasteiger partial charge in [0.25, 0.3) is 0 Å². The number of hydrogen-bond acceptors (Lipinski definition) is 3. The summed E-state index contributed by atoms with van der Waals surface area (Å²) >= 11 is 0. The highest BCUT2D eigenvalue weighted by Gasteiger charge is 2.32. The Morgan fingerprint density at radius 2 is 2.22 bits per heavy atom. The molecular formula is C15H23N3. The van der Waals surface area contributed by atoms with Gasteiger partial charge in [0, 0.05) is 36.7 Å². The molecule has 2 fully saturated rings. The van der Waals surface area contributed by atoms with E-state index >= 15 is 0 Å². The van der Waals surface area contributed by atoms with Crippen LogP contribution in [0.15, 0.2) is 18.5 Å². The van der Waals surface area contributed by atoms with E-state index in [0.29, 0.717) is 12.1 Å². The highest BCUT2D eigenvalue weighted by atomic mass is 15.2. The van der Waals surface area contributed by atoms with Gasteiger partial charge in [0.2, 0.25) is 0 Å². The zero-order valence-corrected chi connectivity index (χ0v) is 11.2. The minimum atomic E-state index is 0.683. The molecule has 0 saturated carbocycles. The Morgan fingerprint density at radius 1 is 1.28 bits per heavy atom. The first-order valence-electron chi connectivity index (χ1n) is 7.27. The number of rotatable bonds is 2. The average Bonchev–Trinajstić information content (AvgIpc) is 2.93. The van der Waals surface area contributed by atoms with Crippen LogP contribution in [0.3, 0.4) is 0 Å². The quantitative estimate of drug-likeness (QED) is 0.867. The van der Waals surface area contributed by atoms with Crippen LogP contribution in [-0.2, 0) is 0 Å². The minimum absolute atomic E-state index is 0.683. The molecule has 18 heavy (non-hydrogen) atoms. The summed E-state index contributed by atoms with van der Waals surface area (Å²) in [7, 11) is 0. The maximum atomic E-state index is 4.22. The molecule has 1 N–H and O–H groups in total. The normalized spacial score (nSPS) is 28.6. The van der Waals surface area contributed by atoms with E-state index < -0.39 is 0 Å². The van der Waals surface area contributed by atoms with Gasteiger partial charge in [0.1, 0.15) is 0 Å². The minimum Gasteiger partial charge on any atom is -0.367 e. The summed E-state index contributed by atoms with van der Waals surface area (Å²) in [6.07, 6.45) is 10.6. The predicted molar refractivity (Wildman–Crippen MR) is 75.0 cm³/mol. The molecule has 0 aromatic carbocycles. The molecule has 1 aromatic heterocycles. The van der Waals surface area contributed by atoms with Crippen LogP contribution < -0.4 is 10.2 Å². The first-order chi connectivity index (χ1) is 8.86. The van der Waals surface area contributed by atoms with Crippen molar-refractivity contribution < 1.29 is 0 Å². The third-order valence-corrected chi connectivity index (χ3v) is 4.41. The summed E-state index contributed by atoms with van der Waals surface area (Å²) in [4.78, 5) is 6.85. The van der Waals surface area contributed by atoms with Gasteiger partial charge in [-0.2, -0.15) is 0 Å². The first kappa shape index (κ1) is 12.0. The third-order valence-electron chi connectivity index (χ3n) is 4.41.